The average molecular weight is 474 g/mol. The van der Waals surface area contributed by atoms with Gasteiger partial charge in [0, 0.05) is 0 Å². The molecule has 3 aromatic rings. The molecule has 34 heavy (non-hydrogen) atoms. The zero-order chi connectivity index (χ0) is 24.6. The molecule has 0 radical (unpaired) electrons. The topological polar surface area (TPSA) is 54.0 Å². The Bertz CT molecular complexity index is 1030. The van der Waals surface area contributed by atoms with Crippen molar-refractivity contribution >= 4 is 5.97 Å². The van der Waals surface area contributed by atoms with Gasteiger partial charge in [-0.3, -0.25) is 0 Å². The molecule has 0 saturated heterocycles. The van der Waals surface area contributed by atoms with Crippen molar-refractivity contribution in [2.24, 2.45) is 0 Å². The molecule has 8 heteroatoms. The van der Waals surface area contributed by atoms with Crippen molar-refractivity contribution in [3.8, 4) is 17.2 Å². The van der Waals surface area contributed by atoms with Crippen LogP contribution in [0.5, 0.6) is 17.2 Å². The van der Waals surface area contributed by atoms with Crippen molar-refractivity contribution in [3.63, 3.8) is 0 Å². The van der Waals surface area contributed by atoms with E-state index in [9.17, 15) is 18.0 Å². The Morgan fingerprint density at radius 2 is 1.35 bits per heavy atom. The molecule has 3 aromatic carbocycles. The molecule has 0 fully saturated rings. The van der Waals surface area contributed by atoms with Gasteiger partial charge in [0.25, 0.3) is 0 Å². The first-order chi connectivity index (χ1) is 16.2. The first-order valence-corrected chi connectivity index (χ1v) is 10.7. The highest BCUT2D eigenvalue weighted by Crippen LogP contribution is 2.31. The Labute approximate surface area is 196 Å². The van der Waals surface area contributed by atoms with E-state index in [1.165, 1.54) is 12.1 Å². The third-order valence-electron chi connectivity index (χ3n) is 4.85. The molecule has 2 atom stereocenters. The molecule has 0 aliphatic heterocycles. The second kappa shape index (κ2) is 11.6. The van der Waals surface area contributed by atoms with Gasteiger partial charge >= 0.3 is 12.1 Å². The van der Waals surface area contributed by atoms with Gasteiger partial charge in [-0.15, -0.1) is 0 Å². The largest absolute Gasteiger partial charge is 0.479 e. The summed E-state index contributed by atoms with van der Waals surface area (Å²) in [6.45, 7) is 3.85. The number of benzene rings is 3. The molecular formula is C26H25F3O5. The molecule has 0 heterocycles. The van der Waals surface area contributed by atoms with Crippen LogP contribution in [0.3, 0.4) is 0 Å². The summed E-state index contributed by atoms with van der Waals surface area (Å²) in [6, 6.07) is 20.5. The fourth-order valence-corrected chi connectivity index (χ4v) is 2.99. The Morgan fingerprint density at radius 1 is 0.794 bits per heavy atom. The Morgan fingerprint density at radius 3 is 1.94 bits per heavy atom. The fourth-order valence-electron chi connectivity index (χ4n) is 2.99. The van der Waals surface area contributed by atoms with Gasteiger partial charge in [0.1, 0.15) is 23.9 Å². The zero-order valence-electron chi connectivity index (χ0n) is 18.7. The highest BCUT2D eigenvalue weighted by molar-refractivity contribution is 5.74. The number of carbonyl (C=O) groups is 1. The molecule has 0 aliphatic carbocycles. The number of hydrogen-bond acceptors (Lipinski definition) is 5. The van der Waals surface area contributed by atoms with Crippen LogP contribution in [0, 0.1) is 0 Å². The van der Waals surface area contributed by atoms with Gasteiger partial charge in [0.15, 0.2) is 6.10 Å². The quantitative estimate of drug-likeness (QED) is 0.245. The highest BCUT2D eigenvalue weighted by Gasteiger charge is 2.30. The van der Waals surface area contributed by atoms with Crippen LogP contribution in [0.2, 0.25) is 0 Å². The number of esters is 1. The Hall–Kier alpha value is -3.52. The van der Waals surface area contributed by atoms with Gasteiger partial charge in [-0.1, -0.05) is 30.3 Å². The van der Waals surface area contributed by atoms with Crippen LogP contribution in [0.25, 0.3) is 0 Å². The molecule has 5 nitrogen and oxygen atoms in total. The molecule has 0 aliphatic rings. The van der Waals surface area contributed by atoms with Crippen LogP contribution in [0.15, 0.2) is 78.9 Å². The molecule has 180 valence electrons. The minimum Gasteiger partial charge on any atom is -0.479 e. The summed E-state index contributed by atoms with van der Waals surface area (Å²) in [5.41, 5.74) is 0.290. The minimum atomic E-state index is -4.40. The van der Waals surface area contributed by atoms with Gasteiger partial charge in [-0.2, -0.15) is 13.2 Å². The number of rotatable bonds is 10. The summed E-state index contributed by atoms with van der Waals surface area (Å²) in [5.74, 6) is 0.564. The molecule has 3 rings (SSSR count). The number of alkyl halides is 3. The van der Waals surface area contributed by atoms with E-state index in [-0.39, 0.29) is 25.1 Å². The maximum Gasteiger partial charge on any atom is 0.416 e. The second-order valence-electron chi connectivity index (χ2n) is 7.45. The maximum absolute atomic E-state index is 12.6. The SMILES string of the molecule is CC(Oc1ccc(Oc2ccc(C(F)(F)F)cc2)cc1)C(=O)OCCOC(C)c1ccccc1. The summed E-state index contributed by atoms with van der Waals surface area (Å²) in [5, 5.41) is 0. The summed E-state index contributed by atoms with van der Waals surface area (Å²) < 4.78 is 59.9. The van der Waals surface area contributed by atoms with E-state index in [1.54, 1.807) is 31.2 Å². The number of ether oxygens (including phenoxy) is 4. The summed E-state index contributed by atoms with van der Waals surface area (Å²) in [4.78, 5) is 12.2. The van der Waals surface area contributed by atoms with Gasteiger partial charge in [0.05, 0.1) is 18.3 Å². The zero-order valence-corrected chi connectivity index (χ0v) is 18.7. The van der Waals surface area contributed by atoms with Crippen LogP contribution >= 0.6 is 0 Å². The fraction of sp³-hybridized carbons (Fsp3) is 0.269. The van der Waals surface area contributed by atoms with E-state index in [0.717, 1.165) is 17.7 Å². The molecule has 0 bridgehead atoms. The van der Waals surface area contributed by atoms with E-state index >= 15 is 0 Å². The van der Waals surface area contributed by atoms with Crippen molar-refractivity contribution < 1.29 is 36.9 Å². The lowest BCUT2D eigenvalue weighted by atomic mass is 10.1. The smallest absolute Gasteiger partial charge is 0.416 e. The molecule has 2 unspecified atom stereocenters. The lowest BCUT2D eigenvalue weighted by Crippen LogP contribution is -2.27. The predicted molar refractivity (Wildman–Crippen MR) is 120 cm³/mol. The lowest BCUT2D eigenvalue weighted by Gasteiger charge is -2.16. The standard InChI is InChI=1S/C26H25F3O5/c1-18(20-6-4-3-5-7-20)31-16-17-32-25(30)19(2)33-22-12-14-24(15-13-22)34-23-10-8-21(9-11-23)26(27,28)29/h3-15,18-19H,16-17H2,1-2H3. The van der Waals surface area contributed by atoms with Gasteiger partial charge in [-0.05, 0) is 67.9 Å². The number of hydrogen-bond donors (Lipinski definition) is 0. The van der Waals surface area contributed by atoms with Crippen molar-refractivity contribution in [2.75, 3.05) is 13.2 Å². The van der Waals surface area contributed by atoms with Crippen LogP contribution in [-0.2, 0) is 20.4 Å². The minimum absolute atomic E-state index is 0.101. The number of halogens is 3. The van der Waals surface area contributed by atoms with Gasteiger partial charge in [-0.25, -0.2) is 4.79 Å². The summed E-state index contributed by atoms with van der Waals surface area (Å²) in [7, 11) is 0. The molecule has 0 N–H and O–H groups in total. The first-order valence-electron chi connectivity index (χ1n) is 10.7. The molecule has 0 spiro atoms. The molecular weight excluding hydrogens is 449 g/mol. The van der Waals surface area contributed by atoms with Crippen LogP contribution in [0.1, 0.15) is 31.1 Å². The molecule has 0 aromatic heterocycles. The van der Waals surface area contributed by atoms with E-state index in [0.29, 0.717) is 11.5 Å². The van der Waals surface area contributed by atoms with Crippen molar-refractivity contribution in [1.82, 2.24) is 0 Å². The van der Waals surface area contributed by atoms with Crippen LogP contribution < -0.4 is 9.47 Å². The van der Waals surface area contributed by atoms with E-state index in [1.807, 2.05) is 37.3 Å². The van der Waals surface area contributed by atoms with Crippen molar-refractivity contribution in [2.45, 2.75) is 32.2 Å². The van der Waals surface area contributed by atoms with E-state index < -0.39 is 23.8 Å². The van der Waals surface area contributed by atoms with Crippen molar-refractivity contribution in [1.29, 1.82) is 0 Å². The monoisotopic (exact) mass is 474 g/mol. The van der Waals surface area contributed by atoms with Gasteiger partial charge in [0.2, 0.25) is 0 Å². The molecule has 0 saturated carbocycles. The average Bonchev–Trinajstić information content (AvgIpc) is 2.83. The summed E-state index contributed by atoms with van der Waals surface area (Å²) >= 11 is 0. The number of carbonyl (C=O) groups excluding carboxylic acids is 1. The first kappa shape index (κ1) is 25.1. The highest BCUT2D eigenvalue weighted by atomic mass is 19.4. The third kappa shape index (κ3) is 7.52. The Kier molecular flexibility index (Phi) is 8.54. The van der Waals surface area contributed by atoms with Crippen LogP contribution in [0.4, 0.5) is 13.2 Å². The normalized spacial score (nSPS) is 13.1. The Balaban J connectivity index is 1.41. The van der Waals surface area contributed by atoms with Crippen molar-refractivity contribution in [3.05, 3.63) is 90.0 Å². The maximum atomic E-state index is 12.6. The third-order valence-corrected chi connectivity index (χ3v) is 4.85. The molecule has 0 amide bonds. The predicted octanol–water partition coefficient (Wildman–Crippen LogP) is 6.59. The summed E-state index contributed by atoms with van der Waals surface area (Å²) in [6.07, 6.45) is -5.35. The van der Waals surface area contributed by atoms with E-state index in [2.05, 4.69) is 0 Å². The van der Waals surface area contributed by atoms with E-state index in [4.69, 9.17) is 18.9 Å². The second-order valence-corrected chi connectivity index (χ2v) is 7.45. The van der Waals surface area contributed by atoms with Crippen LogP contribution in [-0.4, -0.2) is 25.3 Å². The van der Waals surface area contributed by atoms with Gasteiger partial charge < -0.3 is 18.9 Å². The lowest BCUT2D eigenvalue weighted by molar-refractivity contribution is -0.153.